The number of rotatable bonds is 7. The summed E-state index contributed by atoms with van der Waals surface area (Å²) >= 11 is 5.92. The zero-order valence-corrected chi connectivity index (χ0v) is 18.7. The average Bonchev–Trinajstić information content (AvgIpc) is 3.03. The highest BCUT2D eigenvalue weighted by molar-refractivity contribution is 6.30. The molecule has 0 aliphatic carbocycles. The summed E-state index contributed by atoms with van der Waals surface area (Å²) in [6, 6.07) is 11.5. The number of benzene rings is 2. The summed E-state index contributed by atoms with van der Waals surface area (Å²) in [5, 5.41) is 18.3. The van der Waals surface area contributed by atoms with Crippen LogP contribution in [0.4, 0.5) is 13.2 Å². The fourth-order valence-electron chi connectivity index (χ4n) is 3.40. The van der Waals surface area contributed by atoms with Crippen molar-refractivity contribution in [3.05, 3.63) is 75.2 Å². The molecule has 0 bridgehead atoms. The number of aromatic nitrogens is 3. The monoisotopic (exact) mass is 478 g/mol. The van der Waals surface area contributed by atoms with Crippen molar-refractivity contribution in [2.45, 2.75) is 44.9 Å². The van der Waals surface area contributed by atoms with Gasteiger partial charge in [0.05, 0.1) is 18.7 Å². The van der Waals surface area contributed by atoms with Crippen molar-refractivity contribution in [2.24, 2.45) is 0 Å². The van der Waals surface area contributed by atoms with Crippen molar-refractivity contribution >= 4 is 11.6 Å². The van der Waals surface area contributed by atoms with Gasteiger partial charge in [0.2, 0.25) is 0 Å². The van der Waals surface area contributed by atoms with Gasteiger partial charge in [-0.1, -0.05) is 29.7 Å². The van der Waals surface area contributed by atoms with Gasteiger partial charge in [-0.25, -0.2) is 9.48 Å². The zero-order chi connectivity index (χ0) is 24.4. The number of hydrogen-bond donors (Lipinski definition) is 2. The maximum absolute atomic E-state index is 13.1. The van der Waals surface area contributed by atoms with Crippen LogP contribution in [0.15, 0.2) is 53.3 Å². The van der Waals surface area contributed by atoms with Gasteiger partial charge in [0.15, 0.2) is 5.82 Å². The molecule has 0 amide bonds. The number of nitrogens with one attached hydrogen (secondary N) is 1. The third-order valence-corrected chi connectivity index (χ3v) is 5.31. The highest BCUT2D eigenvalue weighted by Gasteiger charge is 2.32. The van der Waals surface area contributed by atoms with Crippen LogP contribution in [-0.4, -0.2) is 25.7 Å². The smallest absolute Gasteiger partial charge is 0.377 e. The van der Waals surface area contributed by atoms with Crippen molar-refractivity contribution in [1.29, 1.82) is 0 Å². The lowest BCUT2D eigenvalue weighted by Gasteiger charge is -2.30. The van der Waals surface area contributed by atoms with Gasteiger partial charge in [-0.05, 0) is 55.8 Å². The second-order valence-corrected chi connectivity index (χ2v) is 8.39. The first kappa shape index (κ1) is 24.6. The van der Waals surface area contributed by atoms with Gasteiger partial charge in [-0.3, -0.25) is 9.88 Å². The van der Waals surface area contributed by atoms with Gasteiger partial charge in [-0.15, -0.1) is 11.5 Å². The topological polar surface area (TPSA) is 72.1 Å². The molecule has 0 saturated heterocycles. The van der Waals surface area contributed by atoms with Crippen LogP contribution in [0.2, 0.25) is 5.02 Å². The Morgan fingerprint density at radius 2 is 1.82 bits per heavy atom. The van der Waals surface area contributed by atoms with Gasteiger partial charge in [-0.2, -0.15) is 13.2 Å². The molecular formula is C23H22ClF3N4O2. The van der Waals surface area contributed by atoms with Gasteiger partial charge in [0, 0.05) is 16.1 Å². The summed E-state index contributed by atoms with van der Waals surface area (Å²) in [4.78, 5) is 12.8. The van der Waals surface area contributed by atoms with Crippen LogP contribution in [0, 0.1) is 12.3 Å². The highest BCUT2D eigenvalue weighted by Crippen LogP contribution is 2.32. The minimum absolute atomic E-state index is 0.0317. The molecule has 1 heterocycles. The Hall–Kier alpha value is -3.06. The summed E-state index contributed by atoms with van der Waals surface area (Å²) in [5.41, 5.74) is -1.43. The zero-order valence-electron chi connectivity index (χ0n) is 17.9. The van der Waals surface area contributed by atoms with E-state index in [1.165, 1.54) is 16.7 Å². The molecule has 0 saturated carbocycles. The van der Waals surface area contributed by atoms with Gasteiger partial charge >= 0.3 is 11.9 Å². The first-order chi connectivity index (χ1) is 15.4. The van der Waals surface area contributed by atoms with Gasteiger partial charge < -0.3 is 5.11 Å². The minimum Gasteiger partial charge on any atom is -0.377 e. The molecule has 0 radical (unpaired) electrons. The Bertz CT molecular complexity index is 1220. The predicted octanol–water partition coefficient (Wildman–Crippen LogP) is 3.86. The number of alkyl halides is 3. The molecule has 3 aromatic rings. The molecule has 0 aliphatic heterocycles. The van der Waals surface area contributed by atoms with Gasteiger partial charge in [0.25, 0.3) is 0 Å². The molecular weight excluding hydrogens is 457 g/mol. The number of nitrogens with zero attached hydrogens (tertiary/aromatic N) is 3. The fourth-order valence-corrected chi connectivity index (χ4v) is 3.53. The van der Waals surface area contributed by atoms with E-state index in [-0.39, 0.29) is 13.1 Å². The second kappa shape index (κ2) is 9.43. The Morgan fingerprint density at radius 1 is 1.18 bits per heavy atom. The molecule has 1 atom stereocenters. The number of terminal acetylenes is 1. The second-order valence-electron chi connectivity index (χ2n) is 7.95. The third kappa shape index (κ3) is 5.66. The standard InChI is InChI=1S/C23H22ClF3N4O2/c1-4-12-30-20(15-8-10-18(24)11-9-15)29-31(21(30)33)14-19(32)28-22(2,3)16-6-5-7-17(13-16)23(25,26)27/h1,5-11,13,19,28,32H,12,14H2,2-3H3. The maximum Gasteiger partial charge on any atom is 0.416 e. The van der Waals surface area contributed by atoms with E-state index in [1.807, 2.05) is 0 Å². The molecule has 0 aliphatic rings. The third-order valence-electron chi connectivity index (χ3n) is 5.06. The number of aliphatic hydroxyl groups is 1. The molecule has 0 fully saturated rings. The van der Waals surface area contributed by atoms with Crippen molar-refractivity contribution < 1.29 is 18.3 Å². The van der Waals surface area contributed by atoms with E-state index in [9.17, 15) is 23.1 Å². The summed E-state index contributed by atoms with van der Waals surface area (Å²) < 4.78 is 41.6. The Kier molecular flexibility index (Phi) is 7.03. The number of aliphatic hydroxyl groups excluding tert-OH is 1. The quantitative estimate of drug-likeness (QED) is 0.399. The van der Waals surface area contributed by atoms with Crippen LogP contribution in [0.25, 0.3) is 11.4 Å². The van der Waals surface area contributed by atoms with Crippen LogP contribution >= 0.6 is 11.6 Å². The van der Waals surface area contributed by atoms with Gasteiger partial charge in [0.1, 0.15) is 6.23 Å². The molecule has 1 unspecified atom stereocenters. The van der Waals surface area contributed by atoms with Crippen LogP contribution in [-0.2, 0) is 24.8 Å². The molecule has 10 heteroatoms. The van der Waals surface area contributed by atoms with Crippen LogP contribution < -0.4 is 11.0 Å². The van der Waals surface area contributed by atoms with Crippen molar-refractivity contribution in [3.63, 3.8) is 0 Å². The fraction of sp³-hybridized carbons (Fsp3) is 0.304. The van der Waals surface area contributed by atoms with Crippen molar-refractivity contribution in [2.75, 3.05) is 0 Å². The summed E-state index contributed by atoms with van der Waals surface area (Å²) in [5.74, 6) is 2.71. The first-order valence-corrected chi connectivity index (χ1v) is 10.3. The maximum atomic E-state index is 13.1. The lowest BCUT2D eigenvalue weighted by Crippen LogP contribution is -2.47. The molecule has 1 aromatic heterocycles. The van der Waals surface area contributed by atoms with Crippen LogP contribution in [0.1, 0.15) is 25.0 Å². The molecule has 2 aromatic carbocycles. The predicted molar refractivity (Wildman–Crippen MR) is 119 cm³/mol. The SMILES string of the molecule is C#CCn1c(-c2ccc(Cl)cc2)nn(CC(O)NC(C)(C)c2cccc(C(F)(F)F)c2)c1=O. The van der Waals surface area contributed by atoms with Crippen molar-refractivity contribution in [1.82, 2.24) is 19.7 Å². The molecule has 0 spiro atoms. The molecule has 3 rings (SSSR count). The summed E-state index contributed by atoms with van der Waals surface area (Å²) in [6.07, 6.45) is -0.387. The molecule has 174 valence electrons. The minimum atomic E-state index is -4.49. The van der Waals surface area contributed by atoms with E-state index < -0.39 is 29.2 Å². The Labute approximate surface area is 193 Å². The number of halogens is 4. The lowest BCUT2D eigenvalue weighted by atomic mass is 9.92. The van der Waals surface area contributed by atoms with E-state index in [4.69, 9.17) is 18.0 Å². The average molecular weight is 479 g/mol. The normalized spacial score (nSPS) is 13.0. The largest absolute Gasteiger partial charge is 0.416 e. The van der Waals surface area contributed by atoms with Crippen molar-refractivity contribution in [3.8, 4) is 23.7 Å². The van der Waals surface area contributed by atoms with E-state index in [0.717, 1.165) is 16.8 Å². The molecule has 2 N–H and O–H groups in total. The highest BCUT2D eigenvalue weighted by atomic mass is 35.5. The van der Waals surface area contributed by atoms with E-state index in [0.29, 0.717) is 22.0 Å². The molecule has 33 heavy (non-hydrogen) atoms. The lowest BCUT2D eigenvalue weighted by molar-refractivity contribution is -0.137. The molecule has 6 nitrogen and oxygen atoms in total. The first-order valence-electron chi connectivity index (χ1n) is 9.93. The Balaban J connectivity index is 1.85. The van der Waals surface area contributed by atoms with E-state index in [1.54, 1.807) is 38.1 Å². The van der Waals surface area contributed by atoms with Crippen LogP contribution in [0.3, 0.4) is 0 Å². The summed E-state index contributed by atoms with van der Waals surface area (Å²) in [7, 11) is 0. The summed E-state index contributed by atoms with van der Waals surface area (Å²) in [6.45, 7) is 2.98. The Morgan fingerprint density at radius 3 is 2.42 bits per heavy atom. The van der Waals surface area contributed by atoms with Crippen LogP contribution in [0.5, 0.6) is 0 Å². The van der Waals surface area contributed by atoms with E-state index in [2.05, 4.69) is 16.3 Å². The number of hydrogen-bond acceptors (Lipinski definition) is 4. The van der Waals surface area contributed by atoms with E-state index >= 15 is 0 Å².